The Kier molecular flexibility index (Phi) is 5.51. The molecule has 5 heteroatoms. The molecule has 4 nitrogen and oxygen atoms in total. The van der Waals surface area contributed by atoms with E-state index in [-0.39, 0.29) is 6.03 Å². The van der Waals surface area contributed by atoms with Crippen molar-refractivity contribution < 1.29 is 9.53 Å². The molecule has 0 saturated heterocycles. The summed E-state index contributed by atoms with van der Waals surface area (Å²) in [4.78, 5) is 11.6. The third kappa shape index (κ3) is 5.11. The van der Waals surface area contributed by atoms with E-state index in [0.29, 0.717) is 19.2 Å². The van der Waals surface area contributed by atoms with Gasteiger partial charge in [0.25, 0.3) is 0 Å². The first kappa shape index (κ1) is 14.2. The molecular formula is C14H19BrN2O2. The second kappa shape index (κ2) is 7.38. The molecule has 1 aromatic rings. The summed E-state index contributed by atoms with van der Waals surface area (Å²) in [6, 6.07) is 7.90. The maximum Gasteiger partial charge on any atom is 0.315 e. The van der Waals surface area contributed by atoms with Gasteiger partial charge in [0.1, 0.15) is 12.4 Å². The quantitative estimate of drug-likeness (QED) is 0.817. The van der Waals surface area contributed by atoms with Crippen LogP contribution in [0.5, 0.6) is 5.75 Å². The molecule has 0 atom stereocenters. The summed E-state index contributed by atoms with van der Waals surface area (Å²) in [5.74, 6) is 0.807. The fraction of sp³-hybridized carbons (Fsp3) is 0.500. The predicted octanol–water partition coefficient (Wildman–Crippen LogP) is 3.07. The maximum atomic E-state index is 11.6. The molecule has 1 fully saturated rings. The molecule has 2 rings (SSSR count). The molecule has 0 spiro atoms. The highest BCUT2D eigenvalue weighted by atomic mass is 79.9. The number of nitrogens with one attached hydrogen (secondary N) is 2. The van der Waals surface area contributed by atoms with Crippen LogP contribution in [0.2, 0.25) is 0 Å². The first-order chi connectivity index (χ1) is 9.24. The van der Waals surface area contributed by atoms with Crippen molar-refractivity contribution in [2.24, 2.45) is 0 Å². The van der Waals surface area contributed by atoms with Crippen LogP contribution in [0.4, 0.5) is 4.79 Å². The number of carbonyl (C=O) groups is 1. The highest BCUT2D eigenvalue weighted by Gasteiger charge is 2.16. The van der Waals surface area contributed by atoms with Crippen LogP contribution < -0.4 is 15.4 Å². The van der Waals surface area contributed by atoms with Gasteiger partial charge in [-0.3, -0.25) is 0 Å². The third-order valence-corrected chi connectivity index (χ3v) is 3.69. The number of benzene rings is 1. The molecule has 0 bridgehead atoms. The van der Waals surface area contributed by atoms with Crippen molar-refractivity contribution in [1.29, 1.82) is 0 Å². The van der Waals surface area contributed by atoms with E-state index < -0.39 is 0 Å². The van der Waals surface area contributed by atoms with Crippen LogP contribution in [-0.2, 0) is 0 Å². The second-order valence-electron chi connectivity index (χ2n) is 4.68. The van der Waals surface area contributed by atoms with Gasteiger partial charge in [-0.25, -0.2) is 4.79 Å². The summed E-state index contributed by atoms with van der Waals surface area (Å²) in [6.07, 6.45) is 4.64. The fourth-order valence-electron chi connectivity index (χ4n) is 2.17. The van der Waals surface area contributed by atoms with Crippen LogP contribution in [-0.4, -0.2) is 25.2 Å². The lowest BCUT2D eigenvalue weighted by molar-refractivity contribution is 0.233. The topological polar surface area (TPSA) is 50.4 Å². The van der Waals surface area contributed by atoms with E-state index in [2.05, 4.69) is 26.6 Å². The Labute approximate surface area is 122 Å². The fourth-order valence-corrected chi connectivity index (χ4v) is 2.44. The van der Waals surface area contributed by atoms with Crippen LogP contribution in [0.25, 0.3) is 0 Å². The van der Waals surface area contributed by atoms with E-state index in [0.717, 1.165) is 23.1 Å². The van der Waals surface area contributed by atoms with Crippen molar-refractivity contribution in [2.75, 3.05) is 13.2 Å². The number of hydrogen-bond acceptors (Lipinski definition) is 2. The smallest absolute Gasteiger partial charge is 0.315 e. The van der Waals surface area contributed by atoms with E-state index >= 15 is 0 Å². The number of ether oxygens (including phenoxy) is 1. The van der Waals surface area contributed by atoms with Gasteiger partial charge in [0, 0.05) is 10.5 Å². The van der Waals surface area contributed by atoms with Gasteiger partial charge in [-0.2, -0.15) is 0 Å². The van der Waals surface area contributed by atoms with Gasteiger partial charge in [-0.05, 0) is 37.1 Å². The summed E-state index contributed by atoms with van der Waals surface area (Å²) in [6.45, 7) is 0.980. The Balaban J connectivity index is 1.58. The van der Waals surface area contributed by atoms with Gasteiger partial charge in [0.05, 0.1) is 6.54 Å². The first-order valence-corrected chi connectivity index (χ1v) is 7.46. The van der Waals surface area contributed by atoms with E-state index in [1.165, 1.54) is 12.8 Å². The van der Waals surface area contributed by atoms with Gasteiger partial charge in [0.2, 0.25) is 0 Å². The number of rotatable bonds is 5. The normalized spacial score (nSPS) is 15.2. The lowest BCUT2D eigenvalue weighted by atomic mass is 10.3. The second-order valence-corrected chi connectivity index (χ2v) is 5.60. The zero-order valence-corrected chi connectivity index (χ0v) is 12.4. The molecule has 0 radical (unpaired) electrons. The van der Waals surface area contributed by atoms with Gasteiger partial charge in [-0.15, -0.1) is 0 Å². The summed E-state index contributed by atoms with van der Waals surface area (Å²) in [7, 11) is 0. The van der Waals surface area contributed by atoms with Gasteiger partial charge >= 0.3 is 6.03 Å². The molecule has 104 valence electrons. The zero-order chi connectivity index (χ0) is 13.5. The van der Waals surface area contributed by atoms with Crippen LogP contribution in [0, 0.1) is 0 Å². The lowest BCUT2D eigenvalue weighted by Crippen LogP contribution is -2.42. The monoisotopic (exact) mass is 326 g/mol. The van der Waals surface area contributed by atoms with Crippen molar-refractivity contribution in [3.8, 4) is 5.75 Å². The van der Waals surface area contributed by atoms with Crippen LogP contribution in [0.15, 0.2) is 28.7 Å². The van der Waals surface area contributed by atoms with Gasteiger partial charge < -0.3 is 15.4 Å². The largest absolute Gasteiger partial charge is 0.492 e. The summed E-state index contributed by atoms with van der Waals surface area (Å²) < 4.78 is 6.54. The van der Waals surface area contributed by atoms with E-state index in [4.69, 9.17) is 4.74 Å². The predicted molar refractivity (Wildman–Crippen MR) is 78.4 cm³/mol. The highest BCUT2D eigenvalue weighted by Crippen LogP contribution is 2.17. The number of hydrogen-bond donors (Lipinski definition) is 2. The first-order valence-electron chi connectivity index (χ1n) is 6.67. The lowest BCUT2D eigenvalue weighted by Gasteiger charge is -2.13. The minimum atomic E-state index is -0.0914. The van der Waals surface area contributed by atoms with Crippen molar-refractivity contribution in [3.05, 3.63) is 28.7 Å². The van der Waals surface area contributed by atoms with Crippen molar-refractivity contribution >= 4 is 22.0 Å². The van der Waals surface area contributed by atoms with E-state index in [1.54, 1.807) is 0 Å². The molecule has 1 aliphatic rings. The Bertz CT molecular complexity index is 402. The van der Waals surface area contributed by atoms with Crippen molar-refractivity contribution in [3.63, 3.8) is 0 Å². The molecule has 1 aromatic carbocycles. The maximum absolute atomic E-state index is 11.6. The highest BCUT2D eigenvalue weighted by molar-refractivity contribution is 9.10. The molecule has 2 N–H and O–H groups in total. The molecule has 0 aliphatic heterocycles. The van der Waals surface area contributed by atoms with Gasteiger partial charge in [0.15, 0.2) is 0 Å². The molecule has 19 heavy (non-hydrogen) atoms. The van der Waals surface area contributed by atoms with Crippen LogP contribution >= 0.6 is 15.9 Å². The number of urea groups is 1. The van der Waals surface area contributed by atoms with Crippen molar-refractivity contribution in [2.45, 2.75) is 31.7 Å². The van der Waals surface area contributed by atoms with E-state index in [9.17, 15) is 4.79 Å². The number of amides is 2. The van der Waals surface area contributed by atoms with Crippen LogP contribution in [0.1, 0.15) is 25.7 Å². The molecule has 1 saturated carbocycles. The molecular weight excluding hydrogens is 308 g/mol. The minimum Gasteiger partial charge on any atom is -0.492 e. The third-order valence-electron chi connectivity index (χ3n) is 3.16. The van der Waals surface area contributed by atoms with Crippen LogP contribution in [0.3, 0.4) is 0 Å². The number of carbonyl (C=O) groups excluding carboxylic acids is 1. The Hall–Kier alpha value is -1.23. The molecule has 0 aromatic heterocycles. The summed E-state index contributed by atoms with van der Waals surface area (Å²) in [5.41, 5.74) is 0. The van der Waals surface area contributed by atoms with E-state index in [1.807, 2.05) is 24.3 Å². The summed E-state index contributed by atoms with van der Waals surface area (Å²) in [5, 5.41) is 5.78. The average Bonchev–Trinajstić information content (AvgIpc) is 2.89. The molecule has 2 amide bonds. The Morgan fingerprint density at radius 1 is 1.26 bits per heavy atom. The molecule has 1 aliphatic carbocycles. The Morgan fingerprint density at radius 2 is 1.95 bits per heavy atom. The standard InChI is InChI=1S/C14H19BrN2O2/c15-11-5-7-13(8-6-11)19-10-9-16-14(18)17-12-3-1-2-4-12/h5-8,12H,1-4,9-10H2,(H2,16,17,18). The minimum absolute atomic E-state index is 0.0914. The van der Waals surface area contributed by atoms with Crippen molar-refractivity contribution in [1.82, 2.24) is 10.6 Å². The number of halogens is 1. The van der Waals surface area contributed by atoms with Gasteiger partial charge in [-0.1, -0.05) is 28.8 Å². The Morgan fingerprint density at radius 3 is 2.63 bits per heavy atom. The SMILES string of the molecule is O=C(NCCOc1ccc(Br)cc1)NC1CCCC1. The molecule has 0 unspecified atom stereocenters. The average molecular weight is 327 g/mol. The molecule has 0 heterocycles. The summed E-state index contributed by atoms with van der Waals surface area (Å²) >= 11 is 3.37. The zero-order valence-electron chi connectivity index (χ0n) is 10.8.